The number of fused-ring (bicyclic) bond motifs is 1. The van der Waals surface area contributed by atoms with Crippen LogP contribution in [-0.2, 0) is 6.42 Å². The normalized spacial score (nSPS) is 31.8. The van der Waals surface area contributed by atoms with Gasteiger partial charge in [-0.05, 0) is 68.5 Å². The molecule has 2 N–H and O–H groups in total. The van der Waals surface area contributed by atoms with Gasteiger partial charge in [-0.2, -0.15) is 0 Å². The van der Waals surface area contributed by atoms with Crippen molar-refractivity contribution in [2.75, 3.05) is 6.54 Å². The van der Waals surface area contributed by atoms with Crippen molar-refractivity contribution in [3.63, 3.8) is 0 Å². The second-order valence-corrected chi connectivity index (χ2v) is 7.32. The van der Waals surface area contributed by atoms with Crippen LogP contribution in [0.1, 0.15) is 56.6 Å². The fourth-order valence-corrected chi connectivity index (χ4v) is 4.24. The topological polar surface area (TPSA) is 35.2 Å². The molecule has 116 valence electrons. The Labute approximate surface area is 129 Å². The highest BCUT2D eigenvalue weighted by Crippen LogP contribution is 2.44. The van der Waals surface area contributed by atoms with Crippen molar-refractivity contribution in [1.29, 1.82) is 0 Å². The van der Waals surface area contributed by atoms with Crippen LogP contribution in [-0.4, -0.2) is 12.6 Å². The Kier molecular flexibility index (Phi) is 4.26. The molecule has 1 fully saturated rings. The highest BCUT2D eigenvalue weighted by molar-refractivity contribution is 5.40. The van der Waals surface area contributed by atoms with Gasteiger partial charge in [0.15, 0.2) is 0 Å². The first-order valence-corrected chi connectivity index (χ1v) is 8.60. The Morgan fingerprint density at radius 2 is 2.05 bits per heavy atom. The van der Waals surface area contributed by atoms with Crippen LogP contribution in [0.2, 0.25) is 0 Å². The predicted molar refractivity (Wildman–Crippen MR) is 87.7 cm³/mol. The quantitative estimate of drug-likeness (QED) is 0.899. The highest BCUT2D eigenvalue weighted by atomic mass is 16.5. The Balaban J connectivity index is 1.64. The zero-order valence-corrected chi connectivity index (χ0v) is 13.5. The van der Waals surface area contributed by atoms with Gasteiger partial charge in [0.2, 0.25) is 0 Å². The van der Waals surface area contributed by atoms with Gasteiger partial charge in [0.1, 0.15) is 11.9 Å². The third-order valence-electron chi connectivity index (χ3n) is 5.79. The minimum atomic E-state index is 0.327. The van der Waals surface area contributed by atoms with Crippen LogP contribution < -0.4 is 10.5 Å². The molecular weight excluding hydrogens is 258 g/mol. The van der Waals surface area contributed by atoms with Gasteiger partial charge in [-0.15, -0.1) is 0 Å². The minimum Gasteiger partial charge on any atom is -0.490 e. The van der Waals surface area contributed by atoms with Crippen LogP contribution in [0.3, 0.4) is 0 Å². The molecule has 0 radical (unpaired) electrons. The summed E-state index contributed by atoms with van der Waals surface area (Å²) in [5.41, 5.74) is 9.22. The van der Waals surface area contributed by atoms with Gasteiger partial charge < -0.3 is 10.5 Å². The molecule has 1 aliphatic heterocycles. The maximum atomic E-state index is 6.19. The van der Waals surface area contributed by atoms with Gasteiger partial charge in [0.25, 0.3) is 0 Å². The molecular formula is C19H29NO. The molecule has 1 aromatic rings. The number of rotatable bonds is 4. The summed E-state index contributed by atoms with van der Waals surface area (Å²) in [5, 5.41) is 0. The van der Waals surface area contributed by atoms with E-state index in [1.165, 1.54) is 43.2 Å². The molecule has 2 aliphatic rings. The zero-order valence-electron chi connectivity index (χ0n) is 13.5. The smallest absolute Gasteiger partial charge is 0.123 e. The fourth-order valence-electron chi connectivity index (χ4n) is 4.24. The van der Waals surface area contributed by atoms with Crippen LogP contribution in [0.5, 0.6) is 5.75 Å². The summed E-state index contributed by atoms with van der Waals surface area (Å²) in [6.07, 6.45) is 9.14. The van der Waals surface area contributed by atoms with Crippen molar-refractivity contribution in [2.45, 2.75) is 64.9 Å². The van der Waals surface area contributed by atoms with Crippen molar-refractivity contribution >= 4 is 0 Å². The second-order valence-electron chi connectivity index (χ2n) is 7.32. The van der Waals surface area contributed by atoms with E-state index in [2.05, 4.69) is 32.0 Å². The van der Waals surface area contributed by atoms with Crippen molar-refractivity contribution in [1.82, 2.24) is 0 Å². The first-order valence-electron chi connectivity index (χ1n) is 8.60. The lowest BCUT2D eigenvalue weighted by atomic mass is 9.67. The van der Waals surface area contributed by atoms with E-state index in [1.807, 2.05) is 0 Å². The van der Waals surface area contributed by atoms with E-state index >= 15 is 0 Å². The van der Waals surface area contributed by atoms with Crippen LogP contribution in [0, 0.1) is 18.3 Å². The van der Waals surface area contributed by atoms with E-state index in [9.17, 15) is 0 Å². The summed E-state index contributed by atoms with van der Waals surface area (Å²) in [6, 6.07) is 6.55. The van der Waals surface area contributed by atoms with Gasteiger partial charge in [0, 0.05) is 6.42 Å². The second kappa shape index (κ2) is 6.00. The summed E-state index contributed by atoms with van der Waals surface area (Å²) in [7, 11) is 0. The van der Waals surface area contributed by atoms with Gasteiger partial charge in [0.05, 0.1) is 0 Å². The van der Waals surface area contributed by atoms with Crippen LogP contribution in [0.15, 0.2) is 18.2 Å². The number of benzene rings is 1. The van der Waals surface area contributed by atoms with E-state index in [0.717, 1.165) is 31.1 Å². The molecule has 1 aromatic carbocycles. The lowest BCUT2D eigenvalue weighted by molar-refractivity contribution is 0.0843. The Morgan fingerprint density at radius 3 is 2.71 bits per heavy atom. The molecule has 1 saturated carbocycles. The average Bonchev–Trinajstić information content (AvgIpc) is 2.89. The van der Waals surface area contributed by atoms with E-state index < -0.39 is 0 Å². The summed E-state index contributed by atoms with van der Waals surface area (Å²) in [6.45, 7) is 5.29. The van der Waals surface area contributed by atoms with E-state index in [4.69, 9.17) is 10.5 Å². The van der Waals surface area contributed by atoms with Crippen molar-refractivity contribution in [3.05, 3.63) is 29.3 Å². The molecule has 2 nitrogen and oxygen atoms in total. The Bertz CT molecular complexity index is 488. The summed E-state index contributed by atoms with van der Waals surface area (Å²) in [5.74, 6) is 2.02. The monoisotopic (exact) mass is 287 g/mol. The standard InChI is InChI=1S/C19H29NO/c1-3-15-6-8-19(13-20,9-7-15)12-17-11-16-10-14(2)4-5-18(16)21-17/h4-5,10,15,17H,3,6-9,11-13,20H2,1-2H3. The van der Waals surface area contributed by atoms with Crippen molar-refractivity contribution in [2.24, 2.45) is 17.1 Å². The number of aryl methyl sites for hydroxylation is 1. The number of hydrogen-bond acceptors (Lipinski definition) is 2. The van der Waals surface area contributed by atoms with Crippen molar-refractivity contribution in [3.8, 4) is 5.75 Å². The average molecular weight is 287 g/mol. The molecule has 1 atom stereocenters. The molecule has 0 bridgehead atoms. The lowest BCUT2D eigenvalue weighted by Crippen LogP contribution is -2.38. The molecule has 0 amide bonds. The molecule has 2 heteroatoms. The van der Waals surface area contributed by atoms with Gasteiger partial charge in [-0.1, -0.05) is 31.0 Å². The van der Waals surface area contributed by atoms with Crippen LogP contribution in [0.25, 0.3) is 0 Å². The highest BCUT2D eigenvalue weighted by Gasteiger charge is 2.38. The summed E-state index contributed by atoms with van der Waals surface area (Å²) in [4.78, 5) is 0. The fraction of sp³-hybridized carbons (Fsp3) is 0.684. The predicted octanol–water partition coefficient (Wildman–Crippen LogP) is 4.23. The molecule has 3 rings (SSSR count). The molecule has 1 heterocycles. The maximum Gasteiger partial charge on any atom is 0.123 e. The maximum absolute atomic E-state index is 6.19. The molecule has 1 aliphatic carbocycles. The van der Waals surface area contributed by atoms with E-state index in [0.29, 0.717) is 11.5 Å². The first-order chi connectivity index (χ1) is 10.1. The van der Waals surface area contributed by atoms with Crippen LogP contribution in [0.4, 0.5) is 0 Å². The number of nitrogens with two attached hydrogens (primary N) is 1. The molecule has 0 aromatic heterocycles. The molecule has 1 unspecified atom stereocenters. The van der Waals surface area contributed by atoms with Crippen molar-refractivity contribution < 1.29 is 4.74 Å². The first kappa shape index (κ1) is 14.9. The number of ether oxygens (including phenoxy) is 1. The molecule has 21 heavy (non-hydrogen) atoms. The largest absolute Gasteiger partial charge is 0.490 e. The van der Waals surface area contributed by atoms with Crippen LogP contribution >= 0.6 is 0 Å². The third-order valence-corrected chi connectivity index (χ3v) is 5.79. The SMILES string of the molecule is CCC1CCC(CN)(CC2Cc3cc(C)ccc3O2)CC1. The van der Waals surface area contributed by atoms with Gasteiger partial charge in [-0.3, -0.25) is 0 Å². The summed E-state index contributed by atoms with van der Waals surface area (Å²) >= 11 is 0. The van der Waals surface area contributed by atoms with Gasteiger partial charge >= 0.3 is 0 Å². The molecule has 0 spiro atoms. The summed E-state index contributed by atoms with van der Waals surface area (Å²) < 4.78 is 6.19. The lowest BCUT2D eigenvalue weighted by Gasteiger charge is -2.40. The van der Waals surface area contributed by atoms with Gasteiger partial charge in [-0.25, -0.2) is 0 Å². The minimum absolute atomic E-state index is 0.327. The Hall–Kier alpha value is -1.02. The van der Waals surface area contributed by atoms with E-state index in [-0.39, 0.29) is 0 Å². The van der Waals surface area contributed by atoms with E-state index in [1.54, 1.807) is 0 Å². The Morgan fingerprint density at radius 1 is 1.29 bits per heavy atom. The number of hydrogen-bond donors (Lipinski definition) is 1. The molecule has 0 saturated heterocycles. The third kappa shape index (κ3) is 3.11. The zero-order chi connectivity index (χ0) is 14.9.